The average Bonchev–Trinajstić information content (AvgIpc) is 2.66. The highest BCUT2D eigenvalue weighted by molar-refractivity contribution is 7.86. The lowest BCUT2D eigenvalue weighted by molar-refractivity contribution is 0.0131. The van der Waals surface area contributed by atoms with E-state index in [9.17, 15) is 8.42 Å². The summed E-state index contributed by atoms with van der Waals surface area (Å²) in [4.78, 5) is 0.143. The van der Waals surface area contributed by atoms with Crippen molar-refractivity contribution in [2.24, 2.45) is 0 Å². The molecule has 30 heavy (non-hydrogen) atoms. The summed E-state index contributed by atoms with van der Waals surface area (Å²) < 4.78 is 42.8. The smallest absolute Gasteiger partial charge is 0.297 e. The predicted octanol–water partition coefficient (Wildman–Crippen LogP) is 5.31. The van der Waals surface area contributed by atoms with E-state index in [-0.39, 0.29) is 23.1 Å². The molecule has 0 aromatic heterocycles. The lowest BCUT2D eigenvalue weighted by Crippen LogP contribution is -2.46. The first-order chi connectivity index (χ1) is 13.9. The zero-order chi connectivity index (χ0) is 22.4. The van der Waals surface area contributed by atoms with Crippen molar-refractivity contribution in [3.63, 3.8) is 0 Å². The second-order valence-corrected chi connectivity index (χ2v) is 15.4. The number of benzene rings is 2. The average molecular weight is 451 g/mol. The van der Waals surface area contributed by atoms with Gasteiger partial charge in [-0.2, -0.15) is 8.42 Å². The van der Waals surface area contributed by atoms with Crippen molar-refractivity contribution in [1.29, 1.82) is 0 Å². The molecule has 5 nitrogen and oxygen atoms in total. The molecule has 7 heteroatoms. The van der Waals surface area contributed by atoms with Gasteiger partial charge >= 0.3 is 0 Å². The minimum Gasteiger partial charge on any atom is -0.409 e. The summed E-state index contributed by atoms with van der Waals surface area (Å²) in [6, 6.07) is 16.5. The van der Waals surface area contributed by atoms with Crippen molar-refractivity contribution in [1.82, 2.24) is 0 Å². The van der Waals surface area contributed by atoms with E-state index in [2.05, 4.69) is 33.9 Å². The van der Waals surface area contributed by atoms with Gasteiger partial charge in [0.05, 0.1) is 30.8 Å². The normalized spacial score (nSPS) is 13.9. The molecule has 0 radical (unpaired) electrons. The van der Waals surface area contributed by atoms with Crippen LogP contribution in [0.25, 0.3) is 0 Å². The van der Waals surface area contributed by atoms with E-state index in [1.807, 2.05) is 37.3 Å². The Kier molecular flexibility index (Phi) is 8.41. The van der Waals surface area contributed by atoms with Crippen LogP contribution in [0.1, 0.15) is 31.9 Å². The largest absolute Gasteiger partial charge is 0.409 e. The molecule has 0 aliphatic carbocycles. The maximum atomic E-state index is 12.6. The van der Waals surface area contributed by atoms with E-state index in [1.54, 1.807) is 24.3 Å². The molecule has 2 aromatic rings. The van der Waals surface area contributed by atoms with Gasteiger partial charge in [-0.15, -0.1) is 0 Å². The molecule has 166 valence electrons. The molecule has 0 heterocycles. The third-order valence-electron chi connectivity index (χ3n) is 5.40. The molecule has 0 fully saturated rings. The lowest BCUT2D eigenvalue weighted by Gasteiger charge is -2.39. The Hall–Kier alpha value is -1.51. The molecular formula is C23H34O5SSi. The second-order valence-electron chi connectivity index (χ2n) is 9.05. The summed E-state index contributed by atoms with van der Waals surface area (Å²) in [5, 5.41) is -0.0134. The van der Waals surface area contributed by atoms with Gasteiger partial charge in [-0.1, -0.05) is 68.8 Å². The molecule has 0 bridgehead atoms. The molecule has 0 N–H and O–H groups in total. The number of hydrogen-bond acceptors (Lipinski definition) is 5. The van der Waals surface area contributed by atoms with E-state index in [1.165, 1.54) is 0 Å². The third kappa shape index (κ3) is 7.32. The van der Waals surface area contributed by atoms with Gasteiger partial charge in [0.1, 0.15) is 0 Å². The SMILES string of the molecule is Cc1ccc(S(=O)(=O)OC[C@H](COCc2ccccc2)O[Si](C)(C)C(C)(C)C)cc1. The predicted molar refractivity (Wildman–Crippen MR) is 122 cm³/mol. The molecule has 0 amide bonds. The molecule has 0 saturated heterocycles. The summed E-state index contributed by atoms with van der Waals surface area (Å²) in [6.07, 6.45) is -0.477. The van der Waals surface area contributed by atoms with Crippen molar-refractivity contribution in [3.05, 3.63) is 65.7 Å². The van der Waals surface area contributed by atoms with Gasteiger partial charge in [-0.25, -0.2) is 0 Å². The Bertz CT molecular complexity index is 887. The standard InChI is InChI=1S/C23H34O5SSi/c1-19-12-14-22(15-13-19)29(24,25)27-18-21(28-30(5,6)23(2,3)4)17-26-16-20-10-8-7-9-11-20/h7-15,21H,16-18H2,1-6H3/t21-/m0/s1. The Morgan fingerprint density at radius 1 is 0.933 bits per heavy atom. The van der Waals surface area contributed by atoms with Gasteiger partial charge in [0.15, 0.2) is 8.32 Å². The number of hydrogen-bond donors (Lipinski definition) is 0. The molecule has 0 aliphatic rings. The Balaban J connectivity index is 2.06. The van der Waals surface area contributed by atoms with Crippen molar-refractivity contribution >= 4 is 18.4 Å². The quantitative estimate of drug-likeness (QED) is 0.363. The summed E-state index contributed by atoms with van der Waals surface area (Å²) in [5.41, 5.74) is 2.04. The highest BCUT2D eigenvalue weighted by Gasteiger charge is 2.39. The molecule has 2 rings (SSSR count). The first-order valence-corrected chi connectivity index (χ1v) is 14.5. The fourth-order valence-corrected chi connectivity index (χ4v) is 4.79. The maximum Gasteiger partial charge on any atom is 0.297 e. The van der Waals surface area contributed by atoms with Gasteiger partial charge < -0.3 is 9.16 Å². The number of rotatable bonds is 10. The molecule has 1 atom stereocenters. The molecule has 2 aromatic carbocycles. The topological polar surface area (TPSA) is 61.8 Å². The van der Waals surface area contributed by atoms with Gasteiger partial charge in [0, 0.05) is 0 Å². The van der Waals surface area contributed by atoms with Crippen LogP contribution in [-0.4, -0.2) is 36.1 Å². The Morgan fingerprint density at radius 3 is 2.10 bits per heavy atom. The van der Waals surface area contributed by atoms with Crippen molar-refractivity contribution in [2.45, 2.75) is 63.4 Å². The van der Waals surface area contributed by atoms with E-state index in [4.69, 9.17) is 13.3 Å². The van der Waals surface area contributed by atoms with Crippen molar-refractivity contribution < 1.29 is 21.8 Å². The fraction of sp³-hybridized carbons (Fsp3) is 0.478. The molecule has 0 spiro atoms. The molecule has 0 aliphatic heterocycles. The molecule has 0 unspecified atom stereocenters. The van der Waals surface area contributed by atoms with Crippen molar-refractivity contribution in [2.75, 3.05) is 13.2 Å². The van der Waals surface area contributed by atoms with Crippen molar-refractivity contribution in [3.8, 4) is 0 Å². The Morgan fingerprint density at radius 2 is 1.53 bits per heavy atom. The van der Waals surface area contributed by atoms with Crippen LogP contribution in [0.2, 0.25) is 18.1 Å². The number of aryl methyl sites for hydroxylation is 1. The zero-order valence-electron chi connectivity index (χ0n) is 18.8. The van der Waals surface area contributed by atoms with Crippen LogP contribution in [0.15, 0.2) is 59.5 Å². The minimum atomic E-state index is -3.86. The first-order valence-electron chi connectivity index (χ1n) is 10.2. The molecule has 0 saturated carbocycles. The summed E-state index contributed by atoms with van der Waals surface area (Å²) in [6.45, 7) is 13.2. The van der Waals surface area contributed by atoms with Gasteiger partial charge in [0.25, 0.3) is 10.1 Å². The lowest BCUT2D eigenvalue weighted by atomic mass is 10.2. The van der Waals surface area contributed by atoms with Gasteiger partial charge in [-0.3, -0.25) is 4.18 Å². The van der Waals surface area contributed by atoms with Crippen LogP contribution >= 0.6 is 0 Å². The van der Waals surface area contributed by atoms with E-state index < -0.39 is 24.5 Å². The minimum absolute atomic E-state index is 0.0134. The summed E-state index contributed by atoms with van der Waals surface area (Å²) in [7, 11) is -6.00. The third-order valence-corrected chi connectivity index (χ3v) is 11.2. The summed E-state index contributed by atoms with van der Waals surface area (Å²) >= 11 is 0. The molecular weight excluding hydrogens is 416 g/mol. The Labute approximate surface area is 182 Å². The highest BCUT2D eigenvalue weighted by Crippen LogP contribution is 2.37. The fourth-order valence-electron chi connectivity index (χ4n) is 2.53. The van der Waals surface area contributed by atoms with E-state index >= 15 is 0 Å². The van der Waals surface area contributed by atoms with Gasteiger partial charge in [0.2, 0.25) is 0 Å². The van der Waals surface area contributed by atoms with Crippen LogP contribution in [-0.2, 0) is 30.1 Å². The first kappa shape index (κ1) is 24.8. The van der Waals surface area contributed by atoms with Crippen LogP contribution in [0.3, 0.4) is 0 Å². The highest BCUT2D eigenvalue weighted by atomic mass is 32.2. The monoisotopic (exact) mass is 450 g/mol. The van der Waals surface area contributed by atoms with E-state index in [0.29, 0.717) is 6.61 Å². The number of ether oxygens (including phenoxy) is 1. The van der Waals surface area contributed by atoms with Gasteiger partial charge in [-0.05, 0) is 42.8 Å². The van der Waals surface area contributed by atoms with E-state index in [0.717, 1.165) is 11.1 Å². The van der Waals surface area contributed by atoms with Crippen LogP contribution < -0.4 is 0 Å². The second kappa shape index (κ2) is 10.2. The summed E-state index contributed by atoms with van der Waals surface area (Å²) in [5.74, 6) is 0. The van der Waals surface area contributed by atoms with Crippen LogP contribution in [0.4, 0.5) is 0 Å². The van der Waals surface area contributed by atoms with Crippen LogP contribution in [0.5, 0.6) is 0 Å². The van der Waals surface area contributed by atoms with Crippen LogP contribution in [0, 0.1) is 6.92 Å². The maximum absolute atomic E-state index is 12.6. The zero-order valence-corrected chi connectivity index (χ0v) is 20.7.